The van der Waals surface area contributed by atoms with Gasteiger partial charge in [-0.1, -0.05) is 5.10 Å². The van der Waals surface area contributed by atoms with Gasteiger partial charge in [0.15, 0.2) is 0 Å². The highest BCUT2D eigenvalue weighted by Gasteiger charge is 2.21. The standard InChI is InChI=1S/C8H16N4O2/c1-8(2,9)6-11-12-7(14-6)10-4-5-13-3/h4-5,9H2,1-3H3,(H,10,12). The summed E-state index contributed by atoms with van der Waals surface area (Å²) in [4.78, 5) is 0. The van der Waals surface area contributed by atoms with Crippen LogP contribution in [0.2, 0.25) is 0 Å². The summed E-state index contributed by atoms with van der Waals surface area (Å²) >= 11 is 0. The smallest absolute Gasteiger partial charge is 0.315 e. The average Bonchev–Trinajstić information content (AvgIpc) is 2.52. The number of ether oxygens (including phenoxy) is 1. The van der Waals surface area contributed by atoms with Gasteiger partial charge in [0.1, 0.15) is 0 Å². The van der Waals surface area contributed by atoms with Crippen LogP contribution >= 0.6 is 0 Å². The maximum absolute atomic E-state index is 5.78. The minimum Gasteiger partial charge on any atom is -0.406 e. The fourth-order valence-corrected chi connectivity index (χ4v) is 0.815. The van der Waals surface area contributed by atoms with Gasteiger partial charge in [-0.2, -0.15) is 0 Å². The van der Waals surface area contributed by atoms with Crippen LogP contribution in [-0.2, 0) is 10.3 Å². The van der Waals surface area contributed by atoms with E-state index in [-0.39, 0.29) is 0 Å². The maximum Gasteiger partial charge on any atom is 0.315 e. The summed E-state index contributed by atoms with van der Waals surface area (Å²) in [7, 11) is 1.63. The Bertz CT molecular complexity index is 279. The first-order valence-corrected chi connectivity index (χ1v) is 4.39. The van der Waals surface area contributed by atoms with E-state index in [9.17, 15) is 0 Å². The molecular weight excluding hydrogens is 184 g/mol. The molecule has 0 saturated carbocycles. The van der Waals surface area contributed by atoms with Crippen molar-refractivity contribution in [3.05, 3.63) is 5.89 Å². The third-order valence-corrected chi connectivity index (χ3v) is 1.56. The van der Waals surface area contributed by atoms with E-state index in [1.54, 1.807) is 21.0 Å². The number of rotatable bonds is 5. The third kappa shape index (κ3) is 2.97. The number of hydrogen-bond donors (Lipinski definition) is 2. The van der Waals surface area contributed by atoms with Gasteiger partial charge in [0.25, 0.3) is 0 Å². The monoisotopic (exact) mass is 200 g/mol. The summed E-state index contributed by atoms with van der Waals surface area (Å²) in [5, 5.41) is 10.5. The molecule has 1 aromatic rings. The van der Waals surface area contributed by atoms with Gasteiger partial charge in [0.2, 0.25) is 5.89 Å². The fourth-order valence-electron chi connectivity index (χ4n) is 0.815. The average molecular weight is 200 g/mol. The van der Waals surface area contributed by atoms with E-state index >= 15 is 0 Å². The van der Waals surface area contributed by atoms with Gasteiger partial charge in [-0.15, -0.1) is 5.10 Å². The van der Waals surface area contributed by atoms with Crippen LogP contribution in [-0.4, -0.2) is 30.5 Å². The van der Waals surface area contributed by atoms with Gasteiger partial charge in [-0.05, 0) is 13.8 Å². The van der Waals surface area contributed by atoms with Gasteiger partial charge in [-0.3, -0.25) is 0 Å². The highest BCUT2D eigenvalue weighted by atomic mass is 16.5. The van der Waals surface area contributed by atoms with E-state index in [1.165, 1.54) is 0 Å². The second-order valence-corrected chi connectivity index (χ2v) is 3.55. The first-order chi connectivity index (χ1) is 6.54. The predicted molar refractivity (Wildman–Crippen MR) is 51.9 cm³/mol. The van der Waals surface area contributed by atoms with Crippen molar-refractivity contribution in [3.63, 3.8) is 0 Å². The Balaban J connectivity index is 2.51. The van der Waals surface area contributed by atoms with Crippen molar-refractivity contribution in [2.45, 2.75) is 19.4 Å². The van der Waals surface area contributed by atoms with Crippen LogP contribution in [0.25, 0.3) is 0 Å². The molecule has 0 aliphatic heterocycles. The van der Waals surface area contributed by atoms with Gasteiger partial charge >= 0.3 is 6.01 Å². The quantitative estimate of drug-likeness (QED) is 0.666. The summed E-state index contributed by atoms with van der Waals surface area (Å²) < 4.78 is 10.1. The number of methoxy groups -OCH3 is 1. The van der Waals surface area contributed by atoms with Crippen molar-refractivity contribution < 1.29 is 9.15 Å². The molecular formula is C8H16N4O2. The van der Waals surface area contributed by atoms with Crippen molar-refractivity contribution in [3.8, 4) is 0 Å². The molecule has 6 heteroatoms. The zero-order valence-electron chi connectivity index (χ0n) is 8.70. The molecule has 1 heterocycles. The molecule has 0 atom stereocenters. The number of nitrogens with one attached hydrogen (secondary N) is 1. The predicted octanol–water partition coefficient (Wildman–Crippen LogP) is 0.322. The van der Waals surface area contributed by atoms with Crippen molar-refractivity contribution in [1.82, 2.24) is 10.2 Å². The minimum atomic E-state index is -0.603. The minimum absolute atomic E-state index is 0.371. The number of anilines is 1. The van der Waals surface area contributed by atoms with Crippen molar-refractivity contribution in [2.24, 2.45) is 5.73 Å². The molecule has 1 aromatic heterocycles. The summed E-state index contributed by atoms with van der Waals surface area (Å²) in [5.74, 6) is 0.414. The Morgan fingerprint density at radius 3 is 2.71 bits per heavy atom. The molecule has 6 nitrogen and oxygen atoms in total. The van der Waals surface area contributed by atoms with Crippen molar-refractivity contribution >= 4 is 6.01 Å². The molecule has 80 valence electrons. The first-order valence-electron chi connectivity index (χ1n) is 4.39. The second kappa shape index (κ2) is 4.39. The Hall–Kier alpha value is -1.14. The van der Waals surface area contributed by atoms with Crippen LogP contribution in [0.5, 0.6) is 0 Å². The molecule has 0 saturated heterocycles. The topological polar surface area (TPSA) is 86.2 Å². The van der Waals surface area contributed by atoms with Crippen LogP contribution in [0.1, 0.15) is 19.7 Å². The molecule has 1 rings (SSSR count). The summed E-state index contributed by atoms with van der Waals surface area (Å²) in [6, 6.07) is 0.371. The van der Waals surface area contributed by atoms with Gasteiger partial charge < -0.3 is 20.2 Å². The normalized spacial score (nSPS) is 11.7. The first kappa shape index (κ1) is 10.9. The SMILES string of the molecule is COCCNc1nnc(C(C)(C)N)o1. The summed E-state index contributed by atoms with van der Waals surface area (Å²) in [6.45, 7) is 4.83. The molecule has 0 spiro atoms. The van der Waals surface area contributed by atoms with E-state index in [2.05, 4.69) is 15.5 Å². The van der Waals surface area contributed by atoms with Crippen LogP contribution in [0.4, 0.5) is 6.01 Å². The zero-order valence-corrected chi connectivity index (χ0v) is 8.70. The van der Waals surface area contributed by atoms with Crippen molar-refractivity contribution in [2.75, 3.05) is 25.6 Å². The molecule has 0 unspecified atom stereocenters. The van der Waals surface area contributed by atoms with Crippen molar-refractivity contribution in [1.29, 1.82) is 0 Å². The molecule has 0 amide bonds. The lowest BCUT2D eigenvalue weighted by atomic mass is 10.1. The molecule has 0 aliphatic rings. The molecule has 0 aromatic carbocycles. The van der Waals surface area contributed by atoms with E-state index in [0.29, 0.717) is 25.1 Å². The Morgan fingerprint density at radius 1 is 1.50 bits per heavy atom. The lowest BCUT2D eigenvalue weighted by Crippen LogP contribution is -2.29. The molecule has 0 radical (unpaired) electrons. The maximum atomic E-state index is 5.78. The molecule has 14 heavy (non-hydrogen) atoms. The third-order valence-electron chi connectivity index (χ3n) is 1.56. The lowest BCUT2D eigenvalue weighted by Gasteiger charge is -2.11. The van der Waals surface area contributed by atoms with E-state index in [0.717, 1.165) is 0 Å². The molecule has 0 bridgehead atoms. The fraction of sp³-hybridized carbons (Fsp3) is 0.750. The number of hydrogen-bond acceptors (Lipinski definition) is 6. The molecule has 0 fully saturated rings. The number of aromatic nitrogens is 2. The lowest BCUT2D eigenvalue weighted by molar-refractivity contribution is 0.210. The molecule has 3 N–H and O–H groups in total. The van der Waals surface area contributed by atoms with Gasteiger partial charge in [0, 0.05) is 13.7 Å². The zero-order chi connectivity index (χ0) is 10.6. The van der Waals surface area contributed by atoms with E-state index in [4.69, 9.17) is 14.9 Å². The van der Waals surface area contributed by atoms with Crippen LogP contribution in [0.15, 0.2) is 4.42 Å². The summed E-state index contributed by atoms with van der Waals surface area (Å²) in [5.41, 5.74) is 5.17. The Morgan fingerprint density at radius 2 is 2.21 bits per heavy atom. The van der Waals surface area contributed by atoms with Gasteiger partial charge in [0.05, 0.1) is 12.1 Å². The second-order valence-electron chi connectivity index (χ2n) is 3.55. The largest absolute Gasteiger partial charge is 0.406 e. The number of nitrogens with two attached hydrogens (primary N) is 1. The highest BCUT2D eigenvalue weighted by molar-refractivity contribution is 5.17. The number of nitrogens with zero attached hydrogens (tertiary/aromatic N) is 2. The van der Waals surface area contributed by atoms with Crippen LogP contribution in [0, 0.1) is 0 Å². The van der Waals surface area contributed by atoms with Gasteiger partial charge in [-0.25, -0.2) is 0 Å². The highest BCUT2D eigenvalue weighted by Crippen LogP contribution is 2.16. The Labute approximate surface area is 82.8 Å². The Kier molecular flexibility index (Phi) is 3.43. The summed E-state index contributed by atoms with van der Waals surface area (Å²) in [6.07, 6.45) is 0. The van der Waals surface area contributed by atoms with E-state index < -0.39 is 5.54 Å². The molecule has 0 aliphatic carbocycles. The van der Waals surface area contributed by atoms with E-state index in [1.807, 2.05) is 0 Å². The van der Waals surface area contributed by atoms with Crippen LogP contribution in [0.3, 0.4) is 0 Å². The van der Waals surface area contributed by atoms with Crippen LogP contribution < -0.4 is 11.1 Å².